The molecule has 2 aromatic rings. The molecule has 27 heavy (non-hydrogen) atoms. The molecule has 148 valence electrons. The molecule has 0 bridgehead atoms. The van der Waals surface area contributed by atoms with Gasteiger partial charge in [-0.2, -0.15) is 0 Å². The van der Waals surface area contributed by atoms with Gasteiger partial charge in [-0.05, 0) is 43.0 Å². The van der Waals surface area contributed by atoms with Crippen LogP contribution in [0.3, 0.4) is 0 Å². The van der Waals surface area contributed by atoms with Gasteiger partial charge in [-0.1, -0.05) is 6.08 Å². The van der Waals surface area contributed by atoms with Crippen LogP contribution in [-0.4, -0.2) is 55.1 Å². The fraction of sp³-hybridized carbons (Fsp3) is 0.450. The number of aromatic nitrogens is 1. The van der Waals surface area contributed by atoms with E-state index < -0.39 is 0 Å². The average molecular weight is 485 g/mol. The maximum absolute atomic E-state index is 13.5. The molecule has 1 aromatic heterocycles. The van der Waals surface area contributed by atoms with Gasteiger partial charge in [-0.25, -0.2) is 4.39 Å². The number of fused-ring (bicyclic) bond motifs is 1. The van der Waals surface area contributed by atoms with Gasteiger partial charge in [0.05, 0.1) is 0 Å². The van der Waals surface area contributed by atoms with E-state index in [2.05, 4.69) is 32.1 Å². The molecule has 1 aliphatic rings. The van der Waals surface area contributed by atoms with Crippen molar-refractivity contribution in [1.82, 2.24) is 20.5 Å². The van der Waals surface area contributed by atoms with Gasteiger partial charge in [0, 0.05) is 56.4 Å². The van der Waals surface area contributed by atoms with E-state index in [0.717, 1.165) is 67.9 Å². The highest BCUT2D eigenvalue weighted by molar-refractivity contribution is 14.0. The number of nitrogens with one attached hydrogen (secondary N) is 3. The lowest BCUT2D eigenvalue weighted by atomic mass is 10.1. The predicted molar refractivity (Wildman–Crippen MR) is 122 cm³/mol. The summed E-state index contributed by atoms with van der Waals surface area (Å²) < 4.78 is 13.5. The minimum Gasteiger partial charge on any atom is -0.361 e. The number of rotatable bonds is 6. The first kappa shape index (κ1) is 21.7. The molecule has 1 aromatic carbocycles. The molecule has 0 saturated carbocycles. The third kappa shape index (κ3) is 5.93. The second-order valence-corrected chi connectivity index (χ2v) is 6.76. The van der Waals surface area contributed by atoms with Gasteiger partial charge in [0.15, 0.2) is 5.96 Å². The number of hydrogen-bond acceptors (Lipinski definition) is 2. The van der Waals surface area contributed by atoms with Gasteiger partial charge in [0.2, 0.25) is 0 Å². The van der Waals surface area contributed by atoms with Crippen molar-refractivity contribution < 1.29 is 4.39 Å². The van der Waals surface area contributed by atoms with Crippen LogP contribution >= 0.6 is 24.0 Å². The molecule has 0 radical (unpaired) electrons. The molecule has 5 nitrogen and oxygen atoms in total. The monoisotopic (exact) mass is 485 g/mol. The molecule has 0 atom stereocenters. The van der Waals surface area contributed by atoms with E-state index in [9.17, 15) is 4.39 Å². The number of guanidine groups is 1. The Hall–Kier alpha value is -1.61. The molecule has 0 unspecified atom stereocenters. The predicted octanol–water partition coefficient (Wildman–Crippen LogP) is 3.28. The summed E-state index contributed by atoms with van der Waals surface area (Å²) >= 11 is 0. The quantitative estimate of drug-likeness (QED) is 0.255. The lowest BCUT2D eigenvalue weighted by Crippen LogP contribution is -2.49. The minimum absolute atomic E-state index is 0. The van der Waals surface area contributed by atoms with E-state index in [1.165, 1.54) is 6.07 Å². The number of piperidine rings is 1. The second-order valence-electron chi connectivity index (χ2n) is 6.76. The highest BCUT2D eigenvalue weighted by Gasteiger charge is 2.19. The number of H-pyrrole nitrogens is 1. The SMILES string of the molecule is C=CCN1CCC(NC(=NC)NCCc2c[nH]c3ccc(F)cc23)CC1.I. The third-order valence-electron chi connectivity index (χ3n) is 4.96. The summed E-state index contributed by atoms with van der Waals surface area (Å²) in [5, 5.41) is 7.83. The Morgan fingerprint density at radius 2 is 2.19 bits per heavy atom. The van der Waals surface area contributed by atoms with E-state index in [1.807, 2.05) is 12.3 Å². The van der Waals surface area contributed by atoms with E-state index in [4.69, 9.17) is 0 Å². The first-order valence-corrected chi connectivity index (χ1v) is 9.25. The topological polar surface area (TPSA) is 55.4 Å². The summed E-state index contributed by atoms with van der Waals surface area (Å²) in [6.45, 7) is 7.69. The third-order valence-corrected chi connectivity index (χ3v) is 4.96. The standard InChI is InChI=1S/C20H28FN5.HI/c1-3-10-26-11-7-17(8-12-26)25-20(22-2)23-9-6-15-14-24-19-5-4-16(21)13-18(15)19;/h3-5,13-14,17,24H,1,6-12H2,2H3,(H2,22,23,25);1H. The lowest BCUT2D eigenvalue weighted by Gasteiger charge is -2.32. The number of aromatic amines is 1. The molecule has 0 amide bonds. The average Bonchev–Trinajstić information content (AvgIpc) is 3.05. The highest BCUT2D eigenvalue weighted by Crippen LogP contribution is 2.19. The smallest absolute Gasteiger partial charge is 0.191 e. The number of likely N-dealkylation sites (tertiary alicyclic amines) is 1. The van der Waals surface area contributed by atoms with Crippen LogP contribution < -0.4 is 10.6 Å². The van der Waals surface area contributed by atoms with E-state index in [0.29, 0.717) is 6.04 Å². The van der Waals surface area contributed by atoms with Crippen molar-refractivity contribution in [2.45, 2.75) is 25.3 Å². The molecule has 1 fully saturated rings. The molecular weight excluding hydrogens is 456 g/mol. The fourth-order valence-corrected chi connectivity index (χ4v) is 3.50. The molecule has 3 rings (SSSR count). The zero-order chi connectivity index (χ0) is 18.4. The van der Waals surface area contributed by atoms with Crippen molar-refractivity contribution >= 4 is 40.8 Å². The molecule has 1 saturated heterocycles. The zero-order valence-electron chi connectivity index (χ0n) is 15.8. The van der Waals surface area contributed by atoms with Crippen LogP contribution in [0.4, 0.5) is 4.39 Å². The Bertz CT molecular complexity index is 765. The Morgan fingerprint density at radius 3 is 2.89 bits per heavy atom. The van der Waals surface area contributed by atoms with Crippen molar-refractivity contribution in [2.75, 3.05) is 33.2 Å². The number of benzene rings is 1. The van der Waals surface area contributed by atoms with E-state index in [1.54, 1.807) is 19.2 Å². The Kier molecular flexibility index (Phi) is 8.56. The molecule has 2 heterocycles. The number of nitrogens with zero attached hydrogens (tertiary/aromatic N) is 2. The maximum Gasteiger partial charge on any atom is 0.191 e. The first-order valence-electron chi connectivity index (χ1n) is 9.25. The lowest BCUT2D eigenvalue weighted by molar-refractivity contribution is 0.225. The second kappa shape index (κ2) is 10.7. The summed E-state index contributed by atoms with van der Waals surface area (Å²) in [5.74, 6) is 0.629. The fourth-order valence-electron chi connectivity index (χ4n) is 3.50. The van der Waals surface area contributed by atoms with Crippen LogP contribution in [0, 0.1) is 5.82 Å². The summed E-state index contributed by atoms with van der Waals surface area (Å²) in [5.41, 5.74) is 2.08. The zero-order valence-corrected chi connectivity index (χ0v) is 18.1. The summed E-state index contributed by atoms with van der Waals surface area (Å²) in [6.07, 6.45) is 6.94. The molecular formula is C20H29FIN5. The largest absolute Gasteiger partial charge is 0.361 e. The van der Waals surface area contributed by atoms with E-state index in [-0.39, 0.29) is 29.8 Å². The first-order chi connectivity index (χ1) is 12.7. The van der Waals surface area contributed by atoms with Crippen LogP contribution in [0.25, 0.3) is 10.9 Å². The summed E-state index contributed by atoms with van der Waals surface area (Å²) in [4.78, 5) is 9.94. The summed E-state index contributed by atoms with van der Waals surface area (Å²) in [6, 6.07) is 5.29. The molecule has 7 heteroatoms. The van der Waals surface area contributed by atoms with Crippen molar-refractivity contribution in [2.24, 2.45) is 4.99 Å². The van der Waals surface area contributed by atoms with Gasteiger partial charge in [-0.3, -0.25) is 9.89 Å². The number of aliphatic imine (C=N–C) groups is 1. The molecule has 1 aliphatic heterocycles. The van der Waals surface area contributed by atoms with Crippen LogP contribution in [0.15, 0.2) is 42.0 Å². The van der Waals surface area contributed by atoms with Gasteiger partial charge in [-0.15, -0.1) is 30.6 Å². The van der Waals surface area contributed by atoms with Gasteiger partial charge in [0.25, 0.3) is 0 Å². The number of hydrogen-bond donors (Lipinski definition) is 3. The highest BCUT2D eigenvalue weighted by atomic mass is 127. The molecule has 0 aliphatic carbocycles. The maximum atomic E-state index is 13.5. The van der Waals surface area contributed by atoms with Gasteiger partial charge in [0.1, 0.15) is 5.82 Å². The Labute approximate surface area is 177 Å². The van der Waals surface area contributed by atoms with Gasteiger partial charge >= 0.3 is 0 Å². The normalized spacial score (nSPS) is 16.1. The molecule has 0 spiro atoms. The van der Waals surface area contributed by atoms with Crippen molar-refractivity contribution in [3.63, 3.8) is 0 Å². The Morgan fingerprint density at radius 1 is 1.41 bits per heavy atom. The summed E-state index contributed by atoms with van der Waals surface area (Å²) in [7, 11) is 1.79. The van der Waals surface area contributed by atoms with Crippen LogP contribution in [-0.2, 0) is 6.42 Å². The Balaban J connectivity index is 0.00000261. The van der Waals surface area contributed by atoms with E-state index >= 15 is 0 Å². The molecule has 3 N–H and O–H groups in total. The van der Waals surface area contributed by atoms with Gasteiger partial charge < -0.3 is 15.6 Å². The van der Waals surface area contributed by atoms with Crippen molar-refractivity contribution in [3.05, 3.63) is 48.4 Å². The van der Waals surface area contributed by atoms with Crippen molar-refractivity contribution in [1.29, 1.82) is 0 Å². The van der Waals surface area contributed by atoms with Crippen LogP contribution in [0.1, 0.15) is 18.4 Å². The number of halogens is 2. The van der Waals surface area contributed by atoms with Crippen LogP contribution in [0.5, 0.6) is 0 Å². The minimum atomic E-state index is -0.202. The van der Waals surface area contributed by atoms with Crippen molar-refractivity contribution in [3.8, 4) is 0 Å². The van der Waals surface area contributed by atoms with Crippen LogP contribution in [0.2, 0.25) is 0 Å².